The SMILES string of the molecule is N=C(N)CC1(COc2c(Cl)cccc2Cl)CC1. The molecule has 0 saturated heterocycles. The highest BCUT2D eigenvalue weighted by Crippen LogP contribution is 2.49. The summed E-state index contributed by atoms with van der Waals surface area (Å²) in [6.07, 6.45) is 2.65. The number of hydrogen-bond acceptors (Lipinski definition) is 2. The molecule has 0 heterocycles. The molecule has 17 heavy (non-hydrogen) atoms. The first kappa shape index (κ1) is 12.5. The molecule has 3 nitrogen and oxygen atoms in total. The zero-order valence-corrected chi connectivity index (χ0v) is 10.8. The van der Waals surface area contributed by atoms with Crippen molar-refractivity contribution in [2.24, 2.45) is 11.1 Å². The second-order valence-corrected chi connectivity index (χ2v) is 5.36. The molecule has 1 saturated carbocycles. The Morgan fingerprint density at radius 3 is 2.41 bits per heavy atom. The molecule has 0 aliphatic heterocycles. The third kappa shape index (κ3) is 3.05. The van der Waals surface area contributed by atoms with Crippen LogP contribution in [0.3, 0.4) is 0 Å². The molecule has 2 rings (SSSR count). The first-order valence-corrected chi connectivity index (χ1v) is 6.18. The summed E-state index contributed by atoms with van der Waals surface area (Å²) >= 11 is 12.0. The summed E-state index contributed by atoms with van der Waals surface area (Å²) in [7, 11) is 0. The minimum Gasteiger partial charge on any atom is -0.490 e. The molecule has 0 amide bonds. The Kier molecular flexibility index (Phi) is 3.50. The topological polar surface area (TPSA) is 59.1 Å². The van der Waals surface area contributed by atoms with E-state index in [1.807, 2.05) is 0 Å². The van der Waals surface area contributed by atoms with E-state index in [1.165, 1.54) is 0 Å². The average Bonchev–Trinajstić information content (AvgIpc) is 2.96. The Hall–Kier alpha value is -0.930. The monoisotopic (exact) mass is 272 g/mol. The van der Waals surface area contributed by atoms with Crippen LogP contribution < -0.4 is 10.5 Å². The van der Waals surface area contributed by atoms with Gasteiger partial charge < -0.3 is 10.5 Å². The van der Waals surface area contributed by atoms with Gasteiger partial charge >= 0.3 is 0 Å². The summed E-state index contributed by atoms with van der Waals surface area (Å²) in [6, 6.07) is 5.26. The Balaban J connectivity index is 2.01. The highest BCUT2D eigenvalue weighted by Gasteiger charge is 2.44. The number of nitrogens with two attached hydrogens (primary N) is 1. The van der Waals surface area contributed by atoms with Crippen molar-refractivity contribution in [2.45, 2.75) is 19.3 Å². The van der Waals surface area contributed by atoms with E-state index in [0.29, 0.717) is 28.8 Å². The molecule has 0 atom stereocenters. The van der Waals surface area contributed by atoms with Crippen molar-refractivity contribution in [3.8, 4) is 5.75 Å². The van der Waals surface area contributed by atoms with Gasteiger partial charge in [-0.15, -0.1) is 0 Å². The van der Waals surface area contributed by atoms with E-state index in [9.17, 15) is 0 Å². The maximum absolute atomic E-state index is 7.33. The minimum atomic E-state index is 0.0222. The molecule has 1 aromatic rings. The summed E-state index contributed by atoms with van der Waals surface area (Å²) in [5.74, 6) is 0.724. The van der Waals surface area contributed by atoms with Crippen LogP contribution in [0.5, 0.6) is 5.75 Å². The van der Waals surface area contributed by atoms with Gasteiger partial charge in [-0.05, 0) is 25.0 Å². The van der Waals surface area contributed by atoms with Gasteiger partial charge in [-0.25, -0.2) is 0 Å². The van der Waals surface area contributed by atoms with Crippen LogP contribution in [0.2, 0.25) is 10.0 Å². The van der Waals surface area contributed by atoms with Crippen LogP contribution in [-0.2, 0) is 0 Å². The standard InChI is InChI=1S/C12H14Cl2N2O/c13-8-2-1-3-9(14)11(8)17-7-12(4-5-12)6-10(15)16/h1-3H,4-7H2,(H3,15,16). The van der Waals surface area contributed by atoms with Gasteiger partial charge in [0.25, 0.3) is 0 Å². The summed E-state index contributed by atoms with van der Waals surface area (Å²) in [4.78, 5) is 0. The minimum absolute atomic E-state index is 0.0222. The molecule has 1 aliphatic carbocycles. The van der Waals surface area contributed by atoms with Crippen LogP contribution in [0, 0.1) is 10.8 Å². The second-order valence-electron chi connectivity index (χ2n) is 4.54. The molecule has 5 heteroatoms. The zero-order chi connectivity index (χ0) is 12.5. The van der Waals surface area contributed by atoms with E-state index in [-0.39, 0.29) is 11.3 Å². The van der Waals surface area contributed by atoms with Gasteiger partial charge in [0.05, 0.1) is 22.5 Å². The Morgan fingerprint density at radius 2 is 1.94 bits per heavy atom. The number of benzene rings is 1. The van der Waals surface area contributed by atoms with Gasteiger partial charge in [-0.2, -0.15) is 0 Å². The molecule has 92 valence electrons. The first-order valence-electron chi connectivity index (χ1n) is 5.42. The Bertz CT molecular complexity index is 424. The van der Waals surface area contributed by atoms with Crippen molar-refractivity contribution in [1.82, 2.24) is 0 Å². The van der Waals surface area contributed by atoms with Gasteiger partial charge in [0.15, 0.2) is 5.75 Å². The summed E-state index contributed by atoms with van der Waals surface area (Å²) < 4.78 is 5.68. The molecule has 0 radical (unpaired) electrons. The lowest BCUT2D eigenvalue weighted by atomic mass is 10.0. The van der Waals surface area contributed by atoms with Gasteiger partial charge in [-0.1, -0.05) is 29.3 Å². The highest BCUT2D eigenvalue weighted by atomic mass is 35.5. The smallest absolute Gasteiger partial charge is 0.156 e. The molecular formula is C12H14Cl2N2O. The van der Waals surface area contributed by atoms with Crippen molar-refractivity contribution in [3.63, 3.8) is 0 Å². The van der Waals surface area contributed by atoms with Crippen molar-refractivity contribution in [1.29, 1.82) is 5.41 Å². The van der Waals surface area contributed by atoms with Gasteiger partial charge in [0.1, 0.15) is 0 Å². The fraction of sp³-hybridized carbons (Fsp3) is 0.417. The highest BCUT2D eigenvalue weighted by molar-refractivity contribution is 6.37. The van der Waals surface area contributed by atoms with Crippen LogP contribution in [0.15, 0.2) is 18.2 Å². The lowest BCUT2D eigenvalue weighted by Gasteiger charge is -2.16. The van der Waals surface area contributed by atoms with Crippen molar-refractivity contribution >= 4 is 29.0 Å². The predicted octanol–water partition coefficient (Wildman–Crippen LogP) is 3.48. The van der Waals surface area contributed by atoms with Gasteiger partial charge in [-0.3, -0.25) is 5.41 Å². The van der Waals surface area contributed by atoms with Crippen molar-refractivity contribution in [2.75, 3.05) is 6.61 Å². The van der Waals surface area contributed by atoms with Crippen molar-refractivity contribution in [3.05, 3.63) is 28.2 Å². The number of para-hydroxylation sites is 1. The van der Waals surface area contributed by atoms with Crippen LogP contribution in [0.25, 0.3) is 0 Å². The van der Waals surface area contributed by atoms with E-state index in [4.69, 9.17) is 39.1 Å². The fourth-order valence-corrected chi connectivity index (χ4v) is 2.31. The summed E-state index contributed by atoms with van der Waals surface area (Å²) in [5.41, 5.74) is 5.45. The third-order valence-electron chi connectivity index (χ3n) is 2.96. The van der Waals surface area contributed by atoms with E-state index in [2.05, 4.69) is 0 Å². The number of ether oxygens (including phenoxy) is 1. The number of rotatable bonds is 5. The molecule has 1 fully saturated rings. The normalized spacial score (nSPS) is 16.6. The quantitative estimate of drug-likeness (QED) is 0.637. The molecule has 0 bridgehead atoms. The number of amidine groups is 1. The average molecular weight is 273 g/mol. The molecule has 1 aliphatic rings. The molecular weight excluding hydrogens is 259 g/mol. The molecule has 0 aromatic heterocycles. The number of nitrogens with one attached hydrogen (secondary N) is 1. The van der Waals surface area contributed by atoms with E-state index >= 15 is 0 Å². The predicted molar refractivity (Wildman–Crippen MR) is 70.2 cm³/mol. The molecule has 0 unspecified atom stereocenters. The van der Waals surface area contributed by atoms with Crippen LogP contribution in [0.1, 0.15) is 19.3 Å². The lowest BCUT2D eigenvalue weighted by molar-refractivity contribution is 0.239. The van der Waals surface area contributed by atoms with E-state index in [0.717, 1.165) is 12.8 Å². The van der Waals surface area contributed by atoms with Crippen LogP contribution in [0.4, 0.5) is 0 Å². The zero-order valence-electron chi connectivity index (χ0n) is 9.30. The van der Waals surface area contributed by atoms with Gasteiger partial charge in [0.2, 0.25) is 0 Å². The van der Waals surface area contributed by atoms with E-state index < -0.39 is 0 Å². The maximum Gasteiger partial charge on any atom is 0.156 e. The third-order valence-corrected chi connectivity index (χ3v) is 3.56. The Labute approximate surface area is 110 Å². The number of hydrogen-bond donors (Lipinski definition) is 2. The lowest BCUT2D eigenvalue weighted by Crippen LogP contribution is -2.21. The fourth-order valence-electron chi connectivity index (χ4n) is 1.80. The molecule has 0 spiro atoms. The summed E-state index contributed by atoms with van der Waals surface area (Å²) in [5, 5.41) is 8.35. The number of halogens is 2. The van der Waals surface area contributed by atoms with Crippen LogP contribution in [-0.4, -0.2) is 12.4 Å². The van der Waals surface area contributed by atoms with E-state index in [1.54, 1.807) is 18.2 Å². The van der Waals surface area contributed by atoms with Crippen LogP contribution >= 0.6 is 23.2 Å². The Morgan fingerprint density at radius 1 is 1.35 bits per heavy atom. The second kappa shape index (κ2) is 4.75. The van der Waals surface area contributed by atoms with Gasteiger partial charge in [0, 0.05) is 11.8 Å². The summed E-state index contributed by atoms with van der Waals surface area (Å²) in [6.45, 7) is 0.510. The first-order chi connectivity index (χ1) is 8.02. The maximum atomic E-state index is 7.33. The molecule has 3 N–H and O–H groups in total. The molecule has 1 aromatic carbocycles. The largest absolute Gasteiger partial charge is 0.490 e. The van der Waals surface area contributed by atoms with Crippen molar-refractivity contribution < 1.29 is 4.74 Å².